The lowest BCUT2D eigenvalue weighted by Gasteiger charge is -2.34. The molecule has 0 saturated carbocycles. The van der Waals surface area contributed by atoms with Crippen LogP contribution in [0.1, 0.15) is 6.92 Å². The van der Waals surface area contributed by atoms with E-state index >= 15 is 0 Å². The van der Waals surface area contributed by atoms with Gasteiger partial charge in [-0.15, -0.1) is 0 Å². The lowest BCUT2D eigenvalue weighted by atomic mass is 9.96. The number of hydrogen-bond donors (Lipinski definition) is 1. The monoisotopic (exact) mass is 163 g/mol. The highest BCUT2D eigenvalue weighted by atomic mass is 32.2. The van der Waals surface area contributed by atoms with Crippen molar-refractivity contribution in [3.8, 4) is 0 Å². The van der Waals surface area contributed by atoms with Crippen LogP contribution in [0.25, 0.3) is 0 Å². The van der Waals surface area contributed by atoms with Gasteiger partial charge in [-0.1, -0.05) is 0 Å². The van der Waals surface area contributed by atoms with E-state index < -0.39 is 9.84 Å². The third-order valence-electron chi connectivity index (χ3n) is 1.93. The molecular formula is C6H13NO2S. The predicted octanol–water partition coefficient (Wildman–Crippen LogP) is -0.361. The summed E-state index contributed by atoms with van der Waals surface area (Å²) >= 11 is 0. The van der Waals surface area contributed by atoms with Crippen LogP contribution in [0.5, 0.6) is 0 Å². The number of rotatable bonds is 2. The maximum Gasteiger partial charge on any atom is 0.147 e. The normalized spacial score (nSPS) is 33.4. The lowest BCUT2D eigenvalue weighted by molar-refractivity contribution is 0.276. The van der Waals surface area contributed by atoms with Gasteiger partial charge in [0.25, 0.3) is 0 Å². The molecule has 1 saturated heterocycles. The Labute approximate surface area is 61.7 Å². The topological polar surface area (TPSA) is 46.2 Å². The molecule has 0 amide bonds. The van der Waals surface area contributed by atoms with Crippen LogP contribution >= 0.6 is 0 Å². The van der Waals surface area contributed by atoms with Crippen LogP contribution in [-0.2, 0) is 9.84 Å². The summed E-state index contributed by atoms with van der Waals surface area (Å²) in [5.74, 6) is 0.677. The van der Waals surface area contributed by atoms with E-state index in [9.17, 15) is 8.42 Å². The van der Waals surface area contributed by atoms with E-state index in [2.05, 4.69) is 5.32 Å². The third-order valence-corrected chi connectivity index (χ3v) is 2.96. The van der Waals surface area contributed by atoms with Crippen molar-refractivity contribution in [1.82, 2.24) is 5.32 Å². The van der Waals surface area contributed by atoms with Gasteiger partial charge < -0.3 is 5.32 Å². The largest absolute Gasteiger partial charge is 0.314 e. The van der Waals surface area contributed by atoms with Crippen LogP contribution in [0, 0.1) is 5.92 Å². The molecule has 0 aromatic carbocycles. The lowest BCUT2D eigenvalue weighted by Crippen LogP contribution is -2.53. The molecule has 2 atom stereocenters. The fourth-order valence-electron chi connectivity index (χ4n) is 1.11. The molecule has 1 unspecified atom stereocenters. The summed E-state index contributed by atoms with van der Waals surface area (Å²) in [6.45, 7) is 2.87. The molecule has 1 heterocycles. The van der Waals surface area contributed by atoms with Gasteiger partial charge in [-0.25, -0.2) is 8.42 Å². The molecule has 1 N–H and O–H groups in total. The zero-order valence-corrected chi connectivity index (χ0v) is 7.11. The van der Waals surface area contributed by atoms with Crippen molar-refractivity contribution in [2.24, 2.45) is 5.92 Å². The van der Waals surface area contributed by atoms with Gasteiger partial charge in [-0.05, 0) is 6.92 Å². The first-order chi connectivity index (χ1) is 4.49. The van der Waals surface area contributed by atoms with Crippen LogP contribution < -0.4 is 5.32 Å². The van der Waals surface area contributed by atoms with Gasteiger partial charge in [0, 0.05) is 24.8 Å². The standard InChI is InChI=1S/C6H13NO2S/c1-5-6(3-7-5)4-10(2,8)9/h5-7H,3-4H2,1-2H3/t5-,6?/m1/s1. The first-order valence-corrected chi connectivity index (χ1v) is 5.46. The molecule has 0 aliphatic carbocycles. The second-order valence-electron chi connectivity index (χ2n) is 3.05. The van der Waals surface area contributed by atoms with E-state index in [1.54, 1.807) is 0 Å². The molecule has 1 aliphatic rings. The minimum Gasteiger partial charge on any atom is -0.314 e. The van der Waals surface area contributed by atoms with Crippen LogP contribution in [0.3, 0.4) is 0 Å². The maximum atomic E-state index is 10.8. The molecule has 0 spiro atoms. The maximum absolute atomic E-state index is 10.8. The van der Waals surface area contributed by atoms with E-state index in [0.29, 0.717) is 17.7 Å². The molecule has 1 rings (SSSR count). The zero-order chi connectivity index (χ0) is 7.78. The van der Waals surface area contributed by atoms with Crippen LogP contribution in [0.2, 0.25) is 0 Å². The Hall–Kier alpha value is -0.0900. The number of nitrogens with one attached hydrogen (secondary N) is 1. The molecule has 0 aromatic rings. The molecule has 1 fully saturated rings. The van der Waals surface area contributed by atoms with Gasteiger partial charge in [0.15, 0.2) is 0 Å². The van der Waals surface area contributed by atoms with Crippen molar-refractivity contribution in [3.63, 3.8) is 0 Å². The average Bonchev–Trinajstić information content (AvgIpc) is 1.78. The van der Waals surface area contributed by atoms with E-state index in [1.807, 2.05) is 6.92 Å². The zero-order valence-electron chi connectivity index (χ0n) is 6.29. The Bertz CT molecular complexity index is 210. The van der Waals surface area contributed by atoms with Gasteiger partial charge in [0.05, 0.1) is 5.75 Å². The van der Waals surface area contributed by atoms with Gasteiger partial charge in [-0.3, -0.25) is 0 Å². The smallest absolute Gasteiger partial charge is 0.147 e. The molecule has 60 valence electrons. The summed E-state index contributed by atoms with van der Waals surface area (Å²) in [4.78, 5) is 0. The van der Waals surface area contributed by atoms with Crippen LogP contribution in [0.4, 0.5) is 0 Å². The van der Waals surface area contributed by atoms with Crippen molar-refractivity contribution in [3.05, 3.63) is 0 Å². The Balaban J connectivity index is 2.40. The predicted molar refractivity (Wildman–Crippen MR) is 40.7 cm³/mol. The second-order valence-corrected chi connectivity index (χ2v) is 5.23. The van der Waals surface area contributed by atoms with Crippen LogP contribution in [0.15, 0.2) is 0 Å². The first kappa shape index (κ1) is 8.01. The van der Waals surface area contributed by atoms with Gasteiger partial charge >= 0.3 is 0 Å². The quantitative estimate of drug-likeness (QED) is 0.604. The minimum atomic E-state index is -2.76. The third kappa shape index (κ3) is 1.95. The van der Waals surface area contributed by atoms with Gasteiger partial charge in [0.1, 0.15) is 9.84 Å². The first-order valence-electron chi connectivity index (χ1n) is 3.40. The van der Waals surface area contributed by atoms with E-state index in [0.717, 1.165) is 6.54 Å². The van der Waals surface area contributed by atoms with Crippen molar-refractivity contribution in [1.29, 1.82) is 0 Å². The molecular weight excluding hydrogens is 150 g/mol. The van der Waals surface area contributed by atoms with E-state index in [4.69, 9.17) is 0 Å². The highest BCUT2D eigenvalue weighted by Gasteiger charge is 2.28. The summed E-state index contributed by atoms with van der Waals surface area (Å²) < 4.78 is 21.5. The summed E-state index contributed by atoms with van der Waals surface area (Å²) in [5.41, 5.74) is 0. The second kappa shape index (κ2) is 2.51. The number of hydrogen-bond acceptors (Lipinski definition) is 3. The minimum absolute atomic E-state index is 0.334. The fourth-order valence-corrected chi connectivity index (χ4v) is 2.30. The Morgan fingerprint density at radius 2 is 2.20 bits per heavy atom. The molecule has 10 heavy (non-hydrogen) atoms. The van der Waals surface area contributed by atoms with E-state index in [1.165, 1.54) is 6.26 Å². The molecule has 0 radical (unpaired) electrons. The Morgan fingerprint density at radius 1 is 1.60 bits per heavy atom. The summed E-state index contributed by atoms with van der Waals surface area (Å²) in [5, 5.41) is 3.12. The summed E-state index contributed by atoms with van der Waals surface area (Å²) in [6.07, 6.45) is 1.29. The molecule has 3 nitrogen and oxygen atoms in total. The van der Waals surface area contributed by atoms with Crippen molar-refractivity contribution >= 4 is 9.84 Å². The highest BCUT2D eigenvalue weighted by molar-refractivity contribution is 7.90. The molecule has 4 heteroatoms. The van der Waals surface area contributed by atoms with Gasteiger partial charge in [0.2, 0.25) is 0 Å². The van der Waals surface area contributed by atoms with Crippen molar-refractivity contribution in [2.75, 3.05) is 18.6 Å². The van der Waals surface area contributed by atoms with E-state index in [-0.39, 0.29) is 0 Å². The Morgan fingerprint density at radius 3 is 2.30 bits per heavy atom. The van der Waals surface area contributed by atoms with Crippen LogP contribution in [-0.4, -0.2) is 33.0 Å². The fraction of sp³-hybridized carbons (Fsp3) is 1.00. The summed E-state index contributed by atoms with van der Waals surface area (Å²) in [7, 11) is -2.76. The molecule has 1 aliphatic heterocycles. The molecule has 0 bridgehead atoms. The summed E-state index contributed by atoms with van der Waals surface area (Å²) in [6, 6.07) is 0.384. The van der Waals surface area contributed by atoms with Gasteiger partial charge in [-0.2, -0.15) is 0 Å². The SMILES string of the molecule is C[C@H]1NCC1CS(C)(=O)=O. The highest BCUT2D eigenvalue weighted by Crippen LogP contribution is 2.13. The van der Waals surface area contributed by atoms with Crippen molar-refractivity contribution in [2.45, 2.75) is 13.0 Å². The van der Waals surface area contributed by atoms with Crippen molar-refractivity contribution < 1.29 is 8.42 Å². The molecule has 0 aromatic heterocycles. The Kier molecular flexibility index (Phi) is 2.01. The number of sulfone groups is 1. The average molecular weight is 163 g/mol.